The Labute approximate surface area is 129 Å². The Morgan fingerprint density at radius 1 is 0.857 bits per heavy atom. The van der Waals surface area contributed by atoms with Crippen molar-refractivity contribution in [2.24, 2.45) is 29.4 Å². The molecule has 5 rings (SSSR count). The zero-order chi connectivity index (χ0) is 14.3. The van der Waals surface area contributed by atoms with Crippen molar-refractivity contribution >= 4 is 0 Å². The Kier molecular flexibility index (Phi) is 3.57. The maximum atomic E-state index is 5.77. The first kappa shape index (κ1) is 13.8. The van der Waals surface area contributed by atoms with Crippen molar-refractivity contribution in [1.82, 2.24) is 0 Å². The van der Waals surface area contributed by atoms with Crippen molar-refractivity contribution in [1.29, 1.82) is 0 Å². The van der Waals surface area contributed by atoms with E-state index in [0.29, 0.717) is 5.41 Å². The third-order valence-electron chi connectivity index (χ3n) is 6.95. The summed E-state index contributed by atoms with van der Waals surface area (Å²) in [7, 11) is 0. The van der Waals surface area contributed by atoms with Crippen LogP contribution in [-0.4, -0.2) is 6.54 Å². The van der Waals surface area contributed by atoms with Crippen LogP contribution in [-0.2, 0) is 5.41 Å². The van der Waals surface area contributed by atoms with Gasteiger partial charge in [0, 0.05) is 5.41 Å². The van der Waals surface area contributed by atoms with Gasteiger partial charge in [-0.3, -0.25) is 0 Å². The van der Waals surface area contributed by atoms with Gasteiger partial charge in [-0.05, 0) is 80.7 Å². The van der Waals surface area contributed by atoms with E-state index in [-0.39, 0.29) is 0 Å². The minimum Gasteiger partial charge on any atom is -0.330 e. The molecule has 0 aromatic heterocycles. The van der Waals surface area contributed by atoms with Crippen LogP contribution in [0, 0.1) is 23.7 Å². The fourth-order valence-corrected chi connectivity index (χ4v) is 6.36. The van der Waals surface area contributed by atoms with Gasteiger partial charge in [-0.1, -0.05) is 36.8 Å². The standard InChI is InChI=1S/C20H29N/c21-9-5-4-8-20(17-6-2-1-3-7-17)18-11-15-10-16(13-18)14-19(20)12-15/h1-3,6-7,15-16,18-19H,4-5,8-14,21H2. The van der Waals surface area contributed by atoms with Crippen LogP contribution in [0.25, 0.3) is 0 Å². The van der Waals surface area contributed by atoms with E-state index in [4.69, 9.17) is 5.73 Å². The molecule has 114 valence electrons. The molecule has 1 heteroatoms. The first-order valence-corrected chi connectivity index (χ1v) is 9.08. The summed E-state index contributed by atoms with van der Waals surface area (Å²) in [4.78, 5) is 0. The predicted molar refractivity (Wildman–Crippen MR) is 88.1 cm³/mol. The monoisotopic (exact) mass is 283 g/mol. The quantitative estimate of drug-likeness (QED) is 0.791. The lowest BCUT2D eigenvalue weighted by atomic mass is 9.43. The van der Waals surface area contributed by atoms with Gasteiger partial charge in [0.25, 0.3) is 0 Å². The largest absolute Gasteiger partial charge is 0.330 e. The van der Waals surface area contributed by atoms with Crippen molar-refractivity contribution in [3.8, 4) is 0 Å². The fraction of sp³-hybridized carbons (Fsp3) is 0.700. The highest BCUT2D eigenvalue weighted by molar-refractivity contribution is 5.31. The lowest BCUT2D eigenvalue weighted by molar-refractivity contribution is -0.0659. The zero-order valence-corrected chi connectivity index (χ0v) is 13.1. The number of rotatable bonds is 5. The van der Waals surface area contributed by atoms with Crippen LogP contribution in [0.2, 0.25) is 0 Å². The Hall–Kier alpha value is -0.820. The van der Waals surface area contributed by atoms with E-state index < -0.39 is 0 Å². The summed E-state index contributed by atoms with van der Waals surface area (Å²) in [5.74, 6) is 4.01. The third kappa shape index (κ3) is 2.16. The van der Waals surface area contributed by atoms with Gasteiger partial charge in [-0.15, -0.1) is 0 Å². The van der Waals surface area contributed by atoms with Gasteiger partial charge in [-0.2, -0.15) is 0 Å². The Balaban J connectivity index is 1.70. The summed E-state index contributed by atoms with van der Waals surface area (Å²) in [6.45, 7) is 0.853. The van der Waals surface area contributed by atoms with Gasteiger partial charge in [0.15, 0.2) is 0 Å². The van der Waals surface area contributed by atoms with Crippen LogP contribution in [0.5, 0.6) is 0 Å². The van der Waals surface area contributed by atoms with Crippen molar-refractivity contribution in [3.05, 3.63) is 35.9 Å². The molecule has 0 heterocycles. The van der Waals surface area contributed by atoms with Crippen molar-refractivity contribution in [2.75, 3.05) is 6.54 Å². The van der Waals surface area contributed by atoms with Crippen LogP contribution in [0.1, 0.15) is 56.9 Å². The molecule has 0 saturated heterocycles. The SMILES string of the molecule is NCCCCC1(c2ccccc2)C2CC3CC(C2)CC1C3. The molecule has 4 saturated carbocycles. The van der Waals surface area contributed by atoms with Gasteiger partial charge in [0.05, 0.1) is 0 Å². The van der Waals surface area contributed by atoms with Gasteiger partial charge in [-0.25, -0.2) is 0 Å². The van der Waals surface area contributed by atoms with E-state index in [2.05, 4.69) is 30.3 Å². The third-order valence-corrected chi connectivity index (χ3v) is 6.95. The van der Waals surface area contributed by atoms with Crippen molar-refractivity contribution in [2.45, 2.75) is 56.8 Å². The average molecular weight is 283 g/mol. The molecule has 0 spiro atoms. The summed E-state index contributed by atoms with van der Waals surface area (Å²) in [5.41, 5.74) is 7.91. The normalized spacial score (nSPS) is 40.6. The molecule has 0 radical (unpaired) electrons. The first-order valence-electron chi connectivity index (χ1n) is 9.08. The first-order chi connectivity index (χ1) is 10.3. The van der Waals surface area contributed by atoms with Crippen LogP contribution >= 0.6 is 0 Å². The summed E-state index contributed by atoms with van der Waals surface area (Å²) in [6, 6.07) is 11.5. The summed E-state index contributed by atoms with van der Waals surface area (Å²) >= 11 is 0. The average Bonchev–Trinajstić information content (AvgIpc) is 2.51. The van der Waals surface area contributed by atoms with Crippen LogP contribution in [0.3, 0.4) is 0 Å². The summed E-state index contributed by atoms with van der Waals surface area (Å²) < 4.78 is 0. The highest BCUT2D eigenvalue weighted by Crippen LogP contribution is 2.64. The van der Waals surface area contributed by atoms with Gasteiger partial charge < -0.3 is 5.73 Å². The fourth-order valence-electron chi connectivity index (χ4n) is 6.36. The van der Waals surface area contributed by atoms with E-state index >= 15 is 0 Å². The molecule has 4 fully saturated rings. The Morgan fingerprint density at radius 2 is 1.48 bits per heavy atom. The van der Waals surface area contributed by atoms with Gasteiger partial charge in [0.1, 0.15) is 0 Å². The molecule has 4 aliphatic rings. The molecule has 1 nitrogen and oxygen atoms in total. The smallest absolute Gasteiger partial charge is 0.000986 e. The van der Waals surface area contributed by atoms with Crippen LogP contribution in [0.4, 0.5) is 0 Å². The van der Waals surface area contributed by atoms with E-state index in [1.807, 2.05) is 0 Å². The molecule has 0 unspecified atom stereocenters. The molecule has 0 atom stereocenters. The minimum absolute atomic E-state index is 0.490. The lowest BCUT2D eigenvalue weighted by Crippen LogP contribution is -2.55. The van der Waals surface area contributed by atoms with Gasteiger partial charge in [0.2, 0.25) is 0 Å². The van der Waals surface area contributed by atoms with Crippen molar-refractivity contribution in [3.63, 3.8) is 0 Å². The van der Waals surface area contributed by atoms with Crippen molar-refractivity contribution < 1.29 is 0 Å². The predicted octanol–water partition coefficient (Wildman–Crippen LogP) is 4.51. The lowest BCUT2D eigenvalue weighted by Gasteiger charge is -2.62. The summed E-state index contributed by atoms with van der Waals surface area (Å²) in [5, 5.41) is 0. The minimum atomic E-state index is 0.490. The van der Waals surface area contributed by atoms with Crippen LogP contribution < -0.4 is 5.73 Å². The molecular weight excluding hydrogens is 254 g/mol. The van der Waals surface area contributed by atoms with E-state index in [0.717, 1.165) is 30.2 Å². The van der Waals surface area contributed by atoms with Gasteiger partial charge >= 0.3 is 0 Å². The number of benzene rings is 1. The summed E-state index contributed by atoms with van der Waals surface area (Å²) in [6.07, 6.45) is 11.4. The molecule has 0 aliphatic heterocycles. The second-order valence-electron chi connectivity index (χ2n) is 7.96. The topological polar surface area (TPSA) is 26.0 Å². The van der Waals surface area contributed by atoms with E-state index in [1.54, 1.807) is 12.0 Å². The maximum Gasteiger partial charge on any atom is 0.000986 e. The molecule has 21 heavy (non-hydrogen) atoms. The maximum absolute atomic E-state index is 5.77. The Morgan fingerprint density at radius 3 is 2.05 bits per heavy atom. The van der Waals surface area contributed by atoms with E-state index in [1.165, 1.54) is 44.9 Å². The highest BCUT2D eigenvalue weighted by Gasteiger charge is 2.57. The molecule has 2 N–H and O–H groups in total. The molecule has 4 aliphatic carbocycles. The number of hydrogen-bond donors (Lipinski definition) is 1. The molecule has 1 aromatic rings. The van der Waals surface area contributed by atoms with E-state index in [9.17, 15) is 0 Å². The zero-order valence-electron chi connectivity index (χ0n) is 13.1. The second-order valence-corrected chi connectivity index (χ2v) is 7.96. The van der Waals surface area contributed by atoms with Crippen LogP contribution in [0.15, 0.2) is 30.3 Å². The molecule has 1 aromatic carbocycles. The number of hydrogen-bond acceptors (Lipinski definition) is 1. The molecular formula is C20H29N. The number of nitrogens with two attached hydrogens (primary N) is 1. The molecule has 0 amide bonds. The number of unbranched alkanes of at least 4 members (excludes halogenated alkanes) is 1. The highest BCUT2D eigenvalue weighted by atomic mass is 14.6. The second kappa shape index (κ2) is 5.43. The Bertz CT molecular complexity index is 450. The molecule has 4 bridgehead atoms.